The number of likely N-dealkylation sites (tertiary alicyclic amines) is 1. The van der Waals surface area contributed by atoms with Crippen molar-refractivity contribution in [2.45, 2.75) is 24.9 Å². The van der Waals surface area contributed by atoms with Crippen LogP contribution in [0.15, 0.2) is 0 Å². The second-order valence-electron chi connectivity index (χ2n) is 5.07. The van der Waals surface area contributed by atoms with Crippen molar-refractivity contribution >= 4 is 5.91 Å². The molecule has 5 heteroatoms. The van der Waals surface area contributed by atoms with Gasteiger partial charge < -0.3 is 19.9 Å². The molecule has 17 heavy (non-hydrogen) atoms. The summed E-state index contributed by atoms with van der Waals surface area (Å²) < 4.78 is 5.34. The van der Waals surface area contributed by atoms with Gasteiger partial charge in [-0.3, -0.25) is 4.79 Å². The average molecular weight is 241 g/mol. The zero-order chi connectivity index (χ0) is 12.3. The fourth-order valence-corrected chi connectivity index (χ4v) is 2.53. The van der Waals surface area contributed by atoms with Crippen LogP contribution in [0.3, 0.4) is 0 Å². The first-order valence-electron chi connectivity index (χ1n) is 6.45. The highest BCUT2D eigenvalue weighted by Gasteiger charge is 2.29. The number of morpholine rings is 1. The van der Waals surface area contributed by atoms with Crippen molar-refractivity contribution in [3.8, 4) is 0 Å². The maximum absolute atomic E-state index is 12.2. The number of carbonyl (C=O) groups excluding carboxylic acids is 1. The summed E-state index contributed by atoms with van der Waals surface area (Å²) in [5, 5.41) is 3.22. The summed E-state index contributed by atoms with van der Waals surface area (Å²) in [5.41, 5.74) is 0. The second kappa shape index (κ2) is 5.80. The average Bonchev–Trinajstić information content (AvgIpc) is 2.39. The minimum absolute atomic E-state index is 0.145. The smallest absolute Gasteiger partial charge is 0.242 e. The van der Waals surface area contributed by atoms with Crippen LogP contribution >= 0.6 is 0 Å². The summed E-state index contributed by atoms with van der Waals surface area (Å²) in [5.74, 6) is 0.180. The first-order valence-corrected chi connectivity index (χ1v) is 6.45. The maximum atomic E-state index is 12.2. The van der Waals surface area contributed by atoms with Gasteiger partial charge in [0.15, 0.2) is 0 Å². The zero-order valence-corrected chi connectivity index (χ0v) is 10.8. The number of carbonyl (C=O) groups is 1. The number of hydrogen-bond acceptors (Lipinski definition) is 4. The van der Waals surface area contributed by atoms with Crippen LogP contribution in [0.4, 0.5) is 0 Å². The quantitative estimate of drug-likeness (QED) is 0.710. The van der Waals surface area contributed by atoms with E-state index in [0.29, 0.717) is 19.3 Å². The molecule has 2 rings (SSSR count). The number of rotatable bonds is 2. The Morgan fingerprint density at radius 3 is 2.71 bits per heavy atom. The highest BCUT2D eigenvalue weighted by Crippen LogP contribution is 2.15. The molecule has 0 aromatic rings. The van der Waals surface area contributed by atoms with E-state index in [1.54, 1.807) is 0 Å². The van der Waals surface area contributed by atoms with Gasteiger partial charge >= 0.3 is 0 Å². The highest BCUT2D eigenvalue weighted by atomic mass is 16.5. The summed E-state index contributed by atoms with van der Waals surface area (Å²) in [4.78, 5) is 16.5. The minimum atomic E-state index is -0.145. The van der Waals surface area contributed by atoms with E-state index in [9.17, 15) is 4.79 Å². The molecule has 1 unspecified atom stereocenters. The number of hydrogen-bond donors (Lipinski definition) is 1. The van der Waals surface area contributed by atoms with Crippen LogP contribution in [-0.2, 0) is 9.53 Å². The van der Waals surface area contributed by atoms with Crippen molar-refractivity contribution in [2.75, 3.05) is 46.9 Å². The van der Waals surface area contributed by atoms with Gasteiger partial charge in [-0.25, -0.2) is 0 Å². The van der Waals surface area contributed by atoms with E-state index in [2.05, 4.69) is 17.3 Å². The molecule has 98 valence electrons. The Morgan fingerprint density at radius 2 is 2.12 bits per heavy atom. The second-order valence-corrected chi connectivity index (χ2v) is 5.07. The molecule has 1 amide bonds. The van der Waals surface area contributed by atoms with Crippen LogP contribution in [0.5, 0.6) is 0 Å². The summed E-state index contributed by atoms with van der Waals surface area (Å²) in [6, 6.07) is 0.246. The largest absolute Gasteiger partial charge is 0.378 e. The van der Waals surface area contributed by atoms with E-state index < -0.39 is 0 Å². The molecule has 2 aliphatic rings. The summed E-state index contributed by atoms with van der Waals surface area (Å²) in [7, 11) is 4.06. The summed E-state index contributed by atoms with van der Waals surface area (Å²) >= 11 is 0. The van der Waals surface area contributed by atoms with Crippen molar-refractivity contribution < 1.29 is 9.53 Å². The predicted molar refractivity (Wildman–Crippen MR) is 65.9 cm³/mol. The third kappa shape index (κ3) is 3.18. The SMILES string of the molecule is CN1CCC(N(C)C(=O)C2COCCN2)CC1. The van der Waals surface area contributed by atoms with Crippen molar-refractivity contribution in [3.63, 3.8) is 0 Å². The molecular weight excluding hydrogens is 218 g/mol. The third-order valence-electron chi connectivity index (χ3n) is 3.80. The molecule has 0 aromatic carbocycles. The van der Waals surface area contributed by atoms with Crippen LogP contribution in [-0.4, -0.2) is 74.7 Å². The van der Waals surface area contributed by atoms with Crippen LogP contribution < -0.4 is 5.32 Å². The number of ether oxygens (including phenoxy) is 1. The fourth-order valence-electron chi connectivity index (χ4n) is 2.53. The van der Waals surface area contributed by atoms with Gasteiger partial charge in [-0.1, -0.05) is 0 Å². The first kappa shape index (κ1) is 12.8. The van der Waals surface area contributed by atoms with Crippen molar-refractivity contribution in [3.05, 3.63) is 0 Å². The van der Waals surface area contributed by atoms with Crippen LogP contribution in [0.2, 0.25) is 0 Å². The molecule has 1 N–H and O–H groups in total. The van der Waals surface area contributed by atoms with Gasteiger partial charge in [0.25, 0.3) is 0 Å². The van der Waals surface area contributed by atoms with Gasteiger partial charge in [0.1, 0.15) is 6.04 Å². The molecular formula is C12H23N3O2. The van der Waals surface area contributed by atoms with E-state index in [-0.39, 0.29) is 11.9 Å². The van der Waals surface area contributed by atoms with Gasteiger partial charge in [-0.15, -0.1) is 0 Å². The highest BCUT2D eigenvalue weighted by molar-refractivity contribution is 5.82. The van der Waals surface area contributed by atoms with Gasteiger partial charge in [-0.05, 0) is 33.0 Å². The number of nitrogens with one attached hydrogen (secondary N) is 1. The first-order chi connectivity index (χ1) is 8.18. The topological polar surface area (TPSA) is 44.8 Å². The van der Waals surface area contributed by atoms with Gasteiger partial charge in [0.2, 0.25) is 5.91 Å². The van der Waals surface area contributed by atoms with Gasteiger partial charge in [0, 0.05) is 19.6 Å². The lowest BCUT2D eigenvalue weighted by Gasteiger charge is -2.37. The van der Waals surface area contributed by atoms with E-state index in [4.69, 9.17) is 4.74 Å². The number of amides is 1. The number of nitrogens with zero attached hydrogens (tertiary/aromatic N) is 2. The van der Waals surface area contributed by atoms with Crippen molar-refractivity contribution in [1.82, 2.24) is 15.1 Å². The van der Waals surface area contributed by atoms with E-state index in [1.807, 2.05) is 11.9 Å². The Hall–Kier alpha value is -0.650. The molecule has 1 atom stereocenters. The number of piperidine rings is 1. The van der Waals surface area contributed by atoms with Gasteiger partial charge in [0.05, 0.1) is 13.2 Å². The molecule has 2 saturated heterocycles. The monoisotopic (exact) mass is 241 g/mol. The molecule has 0 radical (unpaired) electrons. The fraction of sp³-hybridized carbons (Fsp3) is 0.917. The van der Waals surface area contributed by atoms with Crippen molar-refractivity contribution in [1.29, 1.82) is 0 Å². The molecule has 2 heterocycles. The molecule has 0 saturated carbocycles. The van der Waals surface area contributed by atoms with E-state index in [0.717, 1.165) is 32.5 Å². The van der Waals surface area contributed by atoms with E-state index in [1.165, 1.54) is 0 Å². The zero-order valence-electron chi connectivity index (χ0n) is 10.8. The minimum Gasteiger partial charge on any atom is -0.378 e. The standard InChI is InChI=1S/C12H23N3O2/c1-14-6-3-10(4-7-14)15(2)12(16)11-9-17-8-5-13-11/h10-11,13H,3-9H2,1-2H3. The third-order valence-corrected chi connectivity index (χ3v) is 3.80. The normalized spacial score (nSPS) is 28.0. The lowest BCUT2D eigenvalue weighted by atomic mass is 10.0. The van der Waals surface area contributed by atoms with Crippen LogP contribution in [0, 0.1) is 0 Å². The molecule has 0 spiro atoms. The Labute approximate surface area is 103 Å². The molecule has 2 fully saturated rings. The molecule has 0 aliphatic carbocycles. The van der Waals surface area contributed by atoms with Crippen LogP contribution in [0.1, 0.15) is 12.8 Å². The molecule has 5 nitrogen and oxygen atoms in total. The lowest BCUT2D eigenvalue weighted by Crippen LogP contribution is -2.55. The van der Waals surface area contributed by atoms with Crippen molar-refractivity contribution in [2.24, 2.45) is 0 Å². The molecule has 0 bridgehead atoms. The Kier molecular flexibility index (Phi) is 4.36. The summed E-state index contributed by atoms with van der Waals surface area (Å²) in [6.45, 7) is 4.16. The van der Waals surface area contributed by atoms with E-state index >= 15 is 0 Å². The predicted octanol–water partition coefficient (Wildman–Crippen LogP) is -0.473. The summed E-state index contributed by atoms with van der Waals surface area (Å²) in [6.07, 6.45) is 2.15. The van der Waals surface area contributed by atoms with Gasteiger partial charge in [-0.2, -0.15) is 0 Å². The Balaban J connectivity index is 1.85. The molecule has 2 aliphatic heterocycles. The maximum Gasteiger partial charge on any atom is 0.242 e. The van der Waals surface area contributed by atoms with Crippen LogP contribution in [0.25, 0.3) is 0 Å². The Morgan fingerprint density at radius 1 is 1.41 bits per heavy atom. The number of likely N-dealkylation sites (N-methyl/N-ethyl adjacent to an activating group) is 1. The lowest BCUT2D eigenvalue weighted by molar-refractivity contribution is -0.138. The Bertz CT molecular complexity index is 258. The molecule has 0 aromatic heterocycles.